The fourth-order valence-corrected chi connectivity index (χ4v) is 2.43. The predicted octanol–water partition coefficient (Wildman–Crippen LogP) is 4.47. The van der Waals surface area contributed by atoms with Crippen molar-refractivity contribution in [2.75, 3.05) is 5.32 Å². The van der Waals surface area contributed by atoms with E-state index < -0.39 is 10.8 Å². The summed E-state index contributed by atoms with van der Waals surface area (Å²) < 4.78 is 0. The van der Waals surface area contributed by atoms with Gasteiger partial charge >= 0.3 is 0 Å². The first-order chi connectivity index (χ1) is 11.8. The second kappa shape index (κ2) is 7.90. The van der Waals surface area contributed by atoms with E-state index in [4.69, 9.17) is 11.6 Å². The van der Waals surface area contributed by atoms with Crippen LogP contribution in [0.25, 0.3) is 0 Å². The largest absolute Gasteiger partial charge is 0.320 e. The number of hydrogen-bond donors (Lipinski definition) is 1. The Morgan fingerprint density at radius 3 is 2.44 bits per heavy atom. The van der Waals surface area contributed by atoms with Crippen LogP contribution in [0.4, 0.5) is 11.4 Å². The Kier molecular flexibility index (Phi) is 5.88. The molecule has 0 aliphatic heterocycles. The van der Waals surface area contributed by atoms with Gasteiger partial charge in [-0.15, -0.1) is 0 Å². The number of aryl methyl sites for hydroxylation is 2. The Morgan fingerprint density at radius 1 is 1.08 bits per heavy atom. The molecule has 0 spiro atoms. The summed E-state index contributed by atoms with van der Waals surface area (Å²) in [6.07, 6.45) is -0.0404. The second-order valence-corrected chi connectivity index (χ2v) is 6.13. The number of hydrogen-bond acceptors (Lipinski definition) is 4. The zero-order chi connectivity index (χ0) is 18.6. The van der Waals surface area contributed by atoms with E-state index in [1.54, 1.807) is 12.1 Å². The van der Waals surface area contributed by atoms with Gasteiger partial charge in [-0.25, -0.2) is 0 Å². The summed E-state index contributed by atoms with van der Waals surface area (Å²) in [5, 5.41) is 13.7. The number of nitro groups is 1. The highest BCUT2D eigenvalue weighted by Crippen LogP contribution is 2.27. The first-order valence-corrected chi connectivity index (χ1v) is 8.00. The number of benzene rings is 2. The van der Waals surface area contributed by atoms with Gasteiger partial charge in [-0.2, -0.15) is 0 Å². The summed E-state index contributed by atoms with van der Waals surface area (Å²) in [4.78, 5) is 34.6. The van der Waals surface area contributed by atoms with Crippen molar-refractivity contribution >= 4 is 34.7 Å². The van der Waals surface area contributed by atoms with Gasteiger partial charge in [0.1, 0.15) is 5.69 Å². The van der Waals surface area contributed by atoms with E-state index in [1.807, 2.05) is 19.9 Å². The number of anilines is 1. The highest BCUT2D eigenvalue weighted by molar-refractivity contribution is 6.31. The summed E-state index contributed by atoms with van der Waals surface area (Å²) in [6.45, 7) is 3.87. The fourth-order valence-electron chi connectivity index (χ4n) is 2.26. The third-order valence-electron chi connectivity index (χ3n) is 3.84. The molecule has 0 fully saturated rings. The number of halogens is 1. The van der Waals surface area contributed by atoms with E-state index >= 15 is 0 Å². The van der Waals surface area contributed by atoms with Crippen LogP contribution < -0.4 is 5.32 Å². The first kappa shape index (κ1) is 18.6. The molecule has 0 atom stereocenters. The molecule has 0 saturated carbocycles. The normalized spacial score (nSPS) is 10.4. The molecule has 6 nitrogen and oxygen atoms in total. The lowest BCUT2D eigenvalue weighted by Gasteiger charge is -2.07. The van der Waals surface area contributed by atoms with Crippen LogP contribution in [0.3, 0.4) is 0 Å². The van der Waals surface area contributed by atoms with E-state index in [0.29, 0.717) is 5.56 Å². The molecule has 0 saturated heterocycles. The maximum absolute atomic E-state index is 12.2. The highest BCUT2D eigenvalue weighted by atomic mass is 35.5. The molecule has 0 aromatic heterocycles. The van der Waals surface area contributed by atoms with Crippen LogP contribution in [0.15, 0.2) is 36.4 Å². The van der Waals surface area contributed by atoms with Gasteiger partial charge in [0.25, 0.3) is 5.69 Å². The van der Waals surface area contributed by atoms with Crippen molar-refractivity contribution in [3.05, 3.63) is 68.2 Å². The number of carbonyl (C=O) groups excluding carboxylic acids is 2. The standard InChI is InChI=1S/C18H17ClN2O4/c1-11-3-4-13(9-12(11)2)17(22)7-8-18(23)20-15-6-5-14(19)10-16(15)21(24)25/h3-6,9-10H,7-8H2,1-2H3,(H,20,23). The van der Waals surface area contributed by atoms with Gasteiger partial charge < -0.3 is 5.32 Å². The molecule has 2 aromatic carbocycles. The molecule has 0 aliphatic rings. The van der Waals surface area contributed by atoms with Crippen molar-refractivity contribution in [1.29, 1.82) is 0 Å². The third kappa shape index (κ3) is 4.87. The van der Waals surface area contributed by atoms with Crippen molar-refractivity contribution in [1.82, 2.24) is 0 Å². The molecule has 0 unspecified atom stereocenters. The Bertz CT molecular complexity index is 849. The molecule has 0 heterocycles. The van der Waals surface area contributed by atoms with E-state index in [-0.39, 0.29) is 35.0 Å². The Hall–Kier alpha value is -2.73. The Morgan fingerprint density at radius 2 is 1.80 bits per heavy atom. The molecule has 2 rings (SSSR count). The van der Waals surface area contributed by atoms with Gasteiger partial charge in [-0.05, 0) is 43.2 Å². The molecule has 1 N–H and O–H groups in total. The number of amides is 1. The number of nitro benzene ring substituents is 1. The summed E-state index contributed by atoms with van der Waals surface area (Å²) >= 11 is 5.73. The molecule has 2 aromatic rings. The molecule has 0 aliphatic carbocycles. The van der Waals surface area contributed by atoms with Gasteiger partial charge in [0.05, 0.1) is 4.92 Å². The quantitative estimate of drug-likeness (QED) is 0.467. The highest BCUT2D eigenvalue weighted by Gasteiger charge is 2.17. The number of Topliss-reactive ketones (excluding diaryl/α,β-unsaturated/α-hetero) is 1. The van der Waals surface area contributed by atoms with Gasteiger partial charge in [-0.3, -0.25) is 19.7 Å². The van der Waals surface area contributed by atoms with Crippen LogP contribution in [-0.2, 0) is 4.79 Å². The number of carbonyl (C=O) groups is 2. The molecular weight excluding hydrogens is 344 g/mol. The van der Waals surface area contributed by atoms with Crippen LogP contribution in [0.2, 0.25) is 5.02 Å². The van der Waals surface area contributed by atoms with E-state index in [2.05, 4.69) is 5.32 Å². The average molecular weight is 361 g/mol. The van der Waals surface area contributed by atoms with E-state index in [0.717, 1.165) is 17.2 Å². The Balaban J connectivity index is 2.00. The van der Waals surface area contributed by atoms with Gasteiger partial charge in [-0.1, -0.05) is 23.7 Å². The SMILES string of the molecule is Cc1ccc(C(=O)CCC(=O)Nc2ccc(Cl)cc2[N+](=O)[O-])cc1C. The lowest BCUT2D eigenvalue weighted by Crippen LogP contribution is -2.14. The van der Waals surface area contributed by atoms with Gasteiger partial charge in [0.2, 0.25) is 5.91 Å². The molecule has 130 valence electrons. The van der Waals surface area contributed by atoms with Gasteiger partial charge in [0.15, 0.2) is 5.78 Å². The Labute approximate surface area is 150 Å². The molecule has 1 amide bonds. The van der Waals surface area contributed by atoms with Crippen LogP contribution in [-0.4, -0.2) is 16.6 Å². The number of nitrogens with one attached hydrogen (secondary N) is 1. The minimum absolute atomic E-state index is 0.0235. The molecule has 25 heavy (non-hydrogen) atoms. The predicted molar refractivity (Wildman–Crippen MR) is 96.2 cm³/mol. The third-order valence-corrected chi connectivity index (χ3v) is 4.07. The average Bonchev–Trinajstić information content (AvgIpc) is 2.56. The zero-order valence-electron chi connectivity index (χ0n) is 13.8. The summed E-state index contributed by atoms with van der Waals surface area (Å²) in [5.74, 6) is -0.619. The fraction of sp³-hybridized carbons (Fsp3) is 0.222. The van der Waals surface area contributed by atoms with Crippen LogP contribution >= 0.6 is 11.6 Å². The van der Waals surface area contributed by atoms with Crippen molar-refractivity contribution in [3.63, 3.8) is 0 Å². The minimum Gasteiger partial charge on any atom is -0.320 e. The van der Waals surface area contributed by atoms with Crippen molar-refractivity contribution in [2.45, 2.75) is 26.7 Å². The van der Waals surface area contributed by atoms with Crippen LogP contribution in [0.1, 0.15) is 34.3 Å². The minimum atomic E-state index is -0.623. The van der Waals surface area contributed by atoms with Gasteiger partial charge in [0, 0.05) is 29.5 Å². The number of rotatable bonds is 6. The molecule has 0 radical (unpaired) electrons. The zero-order valence-corrected chi connectivity index (χ0v) is 14.6. The lowest BCUT2D eigenvalue weighted by molar-refractivity contribution is -0.383. The molecule has 7 heteroatoms. The van der Waals surface area contributed by atoms with Crippen molar-refractivity contribution in [2.24, 2.45) is 0 Å². The van der Waals surface area contributed by atoms with Crippen LogP contribution in [0, 0.1) is 24.0 Å². The topological polar surface area (TPSA) is 89.3 Å². The lowest BCUT2D eigenvalue weighted by atomic mass is 10.0. The number of nitrogens with zero attached hydrogens (tertiary/aromatic N) is 1. The monoisotopic (exact) mass is 360 g/mol. The summed E-state index contributed by atoms with van der Waals surface area (Å²) in [6, 6.07) is 9.36. The van der Waals surface area contributed by atoms with Crippen molar-refractivity contribution in [3.8, 4) is 0 Å². The maximum atomic E-state index is 12.2. The van der Waals surface area contributed by atoms with E-state index in [1.165, 1.54) is 12.1 Å². The summed E-state index contributed by atoms with van der Waals surface area (Å²) in [5.41, 5.74) is 2.41. The second-order valence-electron chi connectivity index (χ2n) is 5.69. The maximum Gasteiger partial charge on any atom is 0.294 e. The van der Waals surface area contributed by atoms with Crippen molar-refractivity contribution < 1.29 is 14.5 Å². The summed E-state index contributed by atoms with van der Waals surface area (Å²) in [7, 11) is 0. The smallest absolute Gasteiger partial charge is 0.294 e. The number of ketones is 1. The molecular formula is C18H17ClN2O4. The first-order valence-electron chi connectivity index (χ1n) is 7.62. The van der Waals surface area contributed by atoms with E-state index in [9.17, 15) is 19.7 Å². The van der Waals surface area contributed by atoms with Crippen LogP contribution in [0.5, 0.6) is 0 Å². The molecule has 0 bridgehead atoms.